The van der Waals surface area contributed by atoms with Gasteiger partial charge in [0.1, 0.15) is 30.7 Å². The lowest BCUT2D eigenvalue weighted by Gasteiger charge is -2.16. The lowest BCUT2D eigenvalue weighted by molar-refractivity contribution is -0.385. The predicted octanol–water partition coefficient (Wildman–Crippen LogP) is 0.542. The molecule has 0 saturated heterocycles. The summed E-state index contributed by atoms with van der Waals surface area (Å²) in [5.74, 6) is -1.46. The van der Waals surface area contributed by atoms with Gasteiger partial charge < -0.3 is 10.0 Å². The standard InChI is InChI=1S/C10H7N5O4/c11-1-3-14(4-2-12)9-5-7(10(16)17)8(6-13-9)15(18)19/h5-6H,3-4H2,(H,16,17). The fourth-order valence-corrected chi connectivity index (χ4v) is 1.32. The van der Waals surface area contributed by atoms with Crippen molar-refractivity contribution in [2.24, 2.45) is 0 Å². The monoisotopic (exact) mass is 261 g/mol. The Kier molecular flexibility index (Phi) is 4.33. The first-order valence-corrected chi connectivity index (χ1v) is 4.87. The summed E-state index contributed by atoms with van der Waals surface area (Å²) < 4.78 is 0. The smallest absolute Gasteiger partial charge is 0.342 e. The van der Waals surface area contributed by atoms with Crippen LogP contribution in [0.1, 0.15) is 10.4 Å². The highest BCUT2D eigenvalue weighted by Gasteiger charge is 2.22. The third kappa shape index (κ3) is 3.14. The molecule has 0 aliphatic heterocycles. The topological polar surface area (TPSA) is 144 Å². The average Bonchev–Trinajstić information content (AvgIpc) is 2.37. The number of hydrogen-bond donors (Lipinski definition) is 1. The molecule has 0 unspecified atom stereocenters. The third-order valence-electron chi connectivity index (χ3n) is 2.14. The SMILES string of the molecule is N#CCN(CC#N)c1cc(C(=O)O)c([N+](=O)[O-])cn1. The molecule has 0 atom stereocenters. The number of rotatable bonds is 5. The number of carboxylic acids is 1. The van der Waals surface area contributed by atoms with Gasteiger partial charge in [-0.2, -0.15) is 10.5 Å². The molecule has 96 valence electrons. The minimum absolute atomic E-state index is 0.0195. The van der Waals surface area contributed by atoms with Crippen molar-refractivity contribution in [2.75, 3.05) is 18.0 Å². The van der Waals surface area contributed by atoms with E-state index in [2.05, 4.69) is 4.98 Å². The number of aromatic nitrogens is 1. The number of carbonyl (C=O) groups is 1. The molecule has 0 amide bonds. The summed E-state index contributed by atoms with van der Waals surface area (Å²) in [5, 5.41) is 36.7. The first-order chi connectivity index (χ1) is 9.01. The Hall–Kier alpha value is -3.20. The van der Waals surface area contributed by atoms with Gasteiger partial charge in [0.2, 0.25) is 0 Å². The molecule has 1 aromatic rings. The van der Waals surface area contributed by atoms with Crippen LogP contribution < -0.4 is 4.90 Å². The average molecular weight is 261 g/mol. The van der Waals surface area contributed by atoms with Crippen molar-refractivity contribution >= 4 is 17.5 Å². The molecule has 1 aromatic heterocycles. The zero-order valence-electron chi connectivity index (χ0n) is 9.48. The lowest BCUT2D eigenvalue weighted by atomic mass is 10.2. The van der Waals surface area contributed by atoms with Gasteiger partial charge in [-0.3, -0.25) is 10.1 Å². The number of nitro groups is 1. The van der Waals surface area contributed by atoms with E-state index in [0.717, 1.165) is 12.3 Å². The Morgan fingerprint density at radius 2 is 2.05 bits per heavy atom. The number of hydrogen-bond acceptors (Lipinski definition) is 7. The summed E-state index contributed by atoms with van der Waals surface area (Å²) in [4.78, 5) is 25.6. The minimum Gasteiger partial charge on any atom is -0.477 e. The van der Waals surface area contributed by atoms with Crippen LogP contribution >= 0.6 is 0 Å². The predicted molar refractivity (Wildman–Crippen MR) is 61.3 cm³/mol. The zero-order chi connectivity index (χ0) is 14.4. The molecule has 0 saturated carbocycles. The van der Waals surface area contributed by atoms with E-state index in [4.69, 9.17) is 15.6 Å². The molecule has 1 N–H and O–H groups in total. The Morgan fingerprint density at radius 1 is 1.47 bits per heavy atom. The highest BCUT2D eigenvalue weighted by molar-refractivity contribution is 5.93. The van der Waals surface area contributed by atoms with E-state index in [1.165, 1.54) is 4.90 Å². The van der Waals surface area contributed by atoms with Crippen LogP contribution in [0.2, 0.25) is 0 Å². The second kappa shape index (κ2) is 5.93. The fourth-order valence-electron chi connectivity index (χ4n) is 1.32. The minimum atomic E-state index is -1.48. The van der Waals surface area contributed by atoms with Gasteiger partial charge in [-0.15, -0.1) is 0 Å². The number of pyridine rings is 1. The summed E-state index contributed by atoms with van der Waals surface area (Å²) >= 11 is 0. The summed E-state index contributed by atoms with van der Waals surface area (Å²) in [6.07, 6.45) is 0.792. The summed E-state index contributed by atoms with van der Waals surface area (Å²) in [5.41, 5.74) is -1.19. The van der Waals surface area contributed by atoms with Crippen LogP contribution in [-0.2, 0) is 0 Å². The molecule has 0 radical (unpaired) electrons. The largest absolute Gasteiger partial charge is 0.477 e. The van der Waals surface area contributed by atoms with Crippen molar-refractivity contribution in [3.8, 4) is 12.1 Å². The molecule has 0 spiro atoms. The first kappa shape index (κ1) is 13.9. The van der Waals surface area contributed by atoms with E-state index in [-0.39, 0.29) is 18.9 Å². The molecule has 0 aliphatic rings. The van der Waals surface area contributed by atoms with Crippen LogP contribution in [0.3, 0.4) is 0 Å². The fraction of sp³-hybridized carbons (Fsp3) is 0.200. The van der Waals surface area contributed by atoms with Gasteiger partial charge in [0.05, 0.1) is 17.1 Å². The van der Waals surface area contributed by atoms with Crippen LogP contribution in [0.25, 0.3) is 0 Å². The summed E-state index contributed by atoms with van der Waals surface area (Å²) in [7, 11) is 0. The number of nitriles is 2. The third-order valence-corrected chi connectivity index (χ3v) is 2.14. The lowest BCUT2D eigenvalue weighted by Crippen LogP contribution is -2.25. The zero-order valence-corrected chi connectivity index (χ0v) is 9.48. The van der Waals surface area contributed by atoms with Crippen molar-refractivity contribution in [1.29, 1.82) is 10.5 Å². The maximum Gasteiger partial charge on any atom is 0.342 e. The highest BCUT2D eigenvalue weighted by Crippen LogP contribution is 2.22. The van der Waals surface area contributed by atoms with Crippen LogP contribution in [0.15, 0.2) is 12.3 Å². The highest BCUT2D eigenvalue weighted by atomic mass is 16.6. The Bertz CT molecular complexity index is 585. The van der Waals surface area contributed by atoms with Crippen LogP contribution in [0.4, 0.5) is 11.5 Å². The van der Waals surface area contributed by atoms with Crippen molar-refractivity contribution < 1.29 is 14.8 Å². The van der Waals surface area contributed by atoms with E-state index in [1.807, 2.05) is 0 Å². The number of anilines is 1. The maximum absolute atomic E-state index is 10.9. The second-order valence-corrected chi connectivity index (χ2v) is 3.29. The molecule has 0 aliphatic carbocycles. The molecular formula is C10H7N5O4. The van der Waals surface area contributed by atoms with Crippen molar-refractivity contribution in [1.82, 2.24) is 4.98 Å². The van der Waals surface area contributed by atoms with Crippen LogP contribution in [0.5, 0.6) is 0 Å². The Labute approximate surface area is 107 Å². The van der Waals surface area contributed by atoms with Gasteiger partial charge >= 0.3 is 11.7 Å². The molecule has 9 nitrogen and oxygen atoms in total. The van der Waals surface area contributed by atoms with E-state index in [0.29, 0.717) is 0 Å². The van der Waals surface area contributed by atoms with E-state index in [9.17, 15) is 14.9 Å². The Morgan fingerprint density at radius 3 is 2.47 bits per heavy atom. The maximum atomic E-state index is 10.9. The normalized spacial score (nSPS) is 9.16. The molecule has 0 fully saturated rings. The number of nitrogens with zero attached hydrogens (tertiary/aromatic N) is 5. The van der Waals surface area contributed by atoms with E-state index in [1.54, 1.807) is 12.1 Å². The van der Waals surface area contributed by atoms with Gasteiger partial charge in [-0.25, -0.2) is 9.78 Å². The van der Waals surface area contributed by atoms with Gasteiger partial charge in [-0.05, 0) is 0 Å². The van der Waals surface area contributed by atoms with Crippen molar-refractivity contribution in [3.05, 3.63) is 27.9 Å². The van der Waals surface area contributed by atoms with E-state index < -0.39 is 22.1 Å². The van der Waals surface area contributed by atoms with Gasteiger partial charge in [0.25, 0.3) is 0 Å². The summed E-state index contributed by atoms with van der Waals surface area (Å²) in [6.45, 7) is -0.366. The quantitative estimate of drug-likeness (QED) is 0.459. The van der Waals surface area contributed by atoms with Crippen molar-refractivity contribution in [3.63, 3.8) is 0 Å². The number of carboxylic acid groups (broad SMARTS) is 1. The van der Waals surface area contributed by atoms with E-state index >= 15 is 0 Å². The summed E-state index contributed by atoms with van der Waals surface area (Å²) in [6, 6.07) is 4.55. The molecule has 19 heavy (non-hydrogen) atoms. The molecule has 9 heteroatoms. The Balaban J connectivity index is 3.28. The molecule has 1 rings (SSSR count). The molecule has 0 aromatic carbocycles. The second-order valence-electron chi connectivity index (χ2n) is 3.29. The van der Waals surface area contributed by atoms with Crippen LogP contribution in [-0.4, -0.2) is 34.1 Å². The van der Waals surface area contributed by atoms with Gasteiger partial charge in [-0.1, -0.05) is 0 Å². The molecular weight excluding hydrogens is 254 g/mol. The number of aromatic carboxylic acids is 1. The van der Waals surface area contributed by atoms with Crippen molar-refractivity contribution in [2.45, 2.75) is 0 Å². The molecule has 0 bridgehead atoms. The van der Waals surface area contributed by atoms with Crippen LogP contribution in [0, 0.1) is 32.8 Å². The van der Waals surface area contributed by atoms with Gasteiger partial charge in [0.15, 0.2) is 0 Å². The van der Waals surface area contributed by atoms with Gasteiger partial charge in [0, 0.05) is 6.07 Å². The first-order valence-electron chi connectivity index (χ1n) is 4.87. The molecule has 1 heterocycles.